The predicted octanol–water partition coefficient (Wildman–Crippen LogP) is 2.27. The van der Waals surface area contributed by atoms with Crippen LogP contribution < -0.4 is 9.47 Å². The number of ether oxygens (including phenoxy) is 3. The van der Waals surface area contributed by atoms with Crippen LogP contribution in [0.4, 0.5) is 0 Å². The smallest absolute Gasteiger partial charge is 0.307 e. The number of hydrogen-bond donors (Lipinski definition) is 0. The minimum Gasteiger partial charge on any atom is -0.497 e. The zero-order valence-corrected chi connectivity index (χ0v) is 14.0. The van der Waals surface area contributed by atoms with Crippen LogP contribution in [0.2, 0.25) is 0 Å². The van der Waals surface area contributed by atoms with Crippen LogP contribution in [0.5, 0.6) is 11.5 Å². The summed E-state index contributed by atoms with van der Waals surface area (Å²) in [7, 11) is 2.91. The minimum absolute atomic E-state index is 0.0714. The monoisotopic (exact) mass is 323 g/mol. The summed E-state index contributed by atoms with van der Waals surface area (Å²) in [6.45, 7) is 2.93. The molecule has 1 amide bonds. The van der Waals surface area contributed by atoms with Gasteiger partial charge in [0.15, 0.2) is 6.61 Å². The Hall–Kier alpha value is -2.24. The largest absolute Gasteiger partial charge is 0.497 e. The quantitative estimate of drug-likeness (QED) is 0.618. The molecule has 0 radical (unpaired) electrons. The van der Waals surface area contributed by atoms with E-state index in [0.717, 1.165) is 12.8 Å². The van der Waals surface area contributed by atoms with Crippen molar-refractivity contribution < 1.29 is 23.8 Å². The number of unbranched alkanes of at least 4 members (excludes halogenated alkanes) is 1. The molecule has 0 aliphatic heterocycles. The molecule has 1 aromatic rings. The fraction of sp³-hybridized carbons (Fsp3) is 0.529. The lowest BCUT2D eigenvalue weighted by molar-refractivity contribution is -0.142. The van der Waals surface area contributed by atoms with Crippen molar-refractivity contribution in [2.75, 3.05) is 33.9 Å². The van der Waals surface area contributed by atoms with Crippen LogP contribution in [0.3, 0.4) is 0 Å². The first-order valence-electron chi connectivity index (χ1n) is 7.72. The summed E-state index contributed by atoms with van der Waals surface area (Å²) in [5, 5.41) is 0. The van der Waals surface area contributed by atoms with Gasteiger partial charge in [0, 0.05) is 19.2 Å². The number of amides is 1. The second-order valence-corrected chi connectivity index (χ2v) is 5.03. The first-order chi connectivity index (χ1) is 11.1. The van der Waals surface area contributed by atoms with Crippen LogP contribution in [0.25, 0.3) is 0 Å². The van der Waals surface area contributed by atoms with Crippen LogP contribution in [0, 0.1) is 0 Å². The number of methoxy groups -OCH3 is 2. The molecule has 0 saturated carbocycles. The van der Waals surface area contributed by atoms with Crippen molar-refractivity contribution >= 4 is 11.9 Å². The van der Waals surface area contributed by atoms with E-state index in [1.54, 1.807) is 36.3 Å². The van der Waals surface area contributed by atoms with Gasteiger partial charge in [-0.2, -0.15) is 0 Å². The van der Waals surface area contributed by atoms with E-state index in [9.17, 15) is 9.59 Å². The molecule has 0 N–H and O–H groups in total. The molecule has 0 aliphatic carbocycles. The summed E-state index contributed by atoms with van der Waals surface area (Å²) in [6, 6.07) is 7.09. The number of carbonyl (C=O) groups excluding carboxylic acids is 2. The maximum absolute atomic E-state index is 12.3. The molecule has 0 fully saturated rings. The van der Waals surface area contributed by atoms with E-state index in [-0.39, 0.29) is 24.9 Å². The summed E-state index contributed by atoms with van der Waals surface area (Å²) >= 11 is 0. The standard InChI is InChI=1S/C17H25NO5/c1-4-5-10-18(11-9-17(20)22-3)16(19)13-23-15-8-6-7-14(12-15)21-2/h6-8,12H,4-5,9-11,13H2,1-3H3. The van der Waals surface area contributed by atoms with E-state index in [1.165, 1.54) is 7.11 Å². The Balaban J connectivity index is 2.55. The van der Waals surface area contributed by atoms with Crippen molar-refractivity contribution in [2.45, 2.75) is 26.2 Å². The van der Waals surface area contributed by atoms with E-state index in [4.69, 9.17) is 9.47 Å². The molecule has 1 aromatic carbocycles. The molecule has 0 aromatic heterocycles. The van der Waals surface area contributed by atoms with Gasteiger partial charge in [-0.3, -0.25) is 9.59 Å². The van der Waals surface area contributed by atoms with Crippen molar-refractivity contribution in [3.63, 3.8) is 0 Å². The molecule has 0 saturated heterocycles. The molecule has 0 heterocycles. The highest BCUT2D eigenvalue weighted by atomic mass is 16.5. The number of rotatable bonds is 10. The molecule has 6 nitrogen and oxygen atoms in total. The summed E-state index contributed by atoms with van der Waals surface area (Å²) in [5.41, 5.74) is 0. The maximum Gasteiger partial charge on any atom is 0.307 e. The van der Waals surface area contributed by atoms with Crippen LogP contribution in [-0.2, 0) is 14.3 Å². The third kappa shape index (κ3) is 7.04. The lowest BCUT2D eigenvalue weighted by Crippen LogP contribution is -2.37. The highest BCUT2D eigenvalue weighted by Crippen LogP contribution is 2.18. The van der Waals surface area contributed by atoms with Crippen LogP contribution in [0.15, 0.2) is 24.3 Å². The van der Waals surface area contributed by atoms with Crippen molar-refractivity contribution in [3.8, 4) is 11.5 Å². The SMILES string of the molecule is CCCCN(CCC(=O)OC)C(=O)COc1cccc(OC)c1. The second-order valence-electron chi connectivity index (χ2n) is 5.03. The number of esters is 1. The first-order valence-corrected chi connectivity index (χ1v) is 7.72. The predicted molar refractivity (Wildman–Crippen MR) is 86.6 cm³/mol. The summed E-state index contributed by atoms with van der Waals surface area (Å²) < 4.78 is 15.2. The molecule has 128 valence electrons. The minimum atomic E-state index is -0.326. The van der Waals surface area contributed by atoms with E-state index < -0.39 is 0 Å². The molecular weight excluding hydrogens is 298 g/mol. The summed E-state index contributed by atoms with van der Waals surface area (Å²) in [6.07, 6.45) is 2.04. The molecule has 1 rings (SSSR count). The van der Waals surface area contributed by atoms with Gasteiger partial charge in [-0.1, -0.05) is 19.4 Å². The van der Waals surface area contributed by atoms with E-state index in [2.05, 4.69) is 11.7 Å². The average Bonchev–Trinajstić information content (AvgIpc) is 2.59. The van der Waals surface area contributed by atoms with Gasteiger partial charge in [-0.15, -0.1) is 0 Å². The van der Waals surface area contributed by atoms with Gasteiger partial charge in [0.1, 0.15) is 11.5 Å². The van der Waals surface area contributed by atoms with Crippen LogP contribution in [-0.4, -0.2) is 50.7 Å². The van der Waals surface area contributed by atoms with Crippen molar-refractivity contribution in [3.05, 3.63) is 24.3 Å². The lowest BCUT2D eigenvalue weighted by atomic mass is 10.3. The Kier molecular flexibility index (Phi) is 8.57. The van der Waals surface area contributed by atoms with Gasteiger partial charge in [0.05, 0.1) is 20.6 Å². The van der Waals surface area contributed by atoms with E-state index >= 15 is 0 Å². The molecule has 0 bridgehead atoms. The van der Waals surface area contributed by atoms with Crippen molar-refractivity contribution in [1.29, 1.82) is 0 Å². The maximum atomic E-state index is 12.3. The molecular formula is C17H25NO5. The van der Waals surface area contributed by atoms with Gasteiger partial charge in [-0.25, -0.2) is 0 Å². The number of benzene rings is 1. The van der Waals surface area contributed by atoms with E-state index in [1.807, 2.05) is 0 Å². The molecule has 6 heteroatoms. The van der Waals surface area contributed by atoms with Gasteiger partial charge in [0.25, 0.3) is 5.91 Å². The topological polar surface area (TPSA) is 65.1 Å². The third-order valence-electron chi connectivity index (χ3n) is 3.35. The first kappa shape index (κ1) is 18.8. The van der Waals surface area contributed by atoms with Gasteiger partial charge in [0.2, 0.25) is 0 Å². The fourth-order valence-electron chi connectivity index (χ4n) is 1.97. The molecule has 23 heavy (non-hydrogen) atoms. The Morgan fingerprint density at radius 2 is 1.87 bits per heavy atom. The number of hydrogen-bond acceptors (Lipinski definition) is 5. The van der Waals surface area contributed by atoms with Crippen molar-refractivity contribution in [1.82, 2.24) is 4.90 Å². The van der Waals surface area contributed by atoms with Gasteiger partial charge in [-0.05, 0) is 18.6 Å². The normalized spacial score (nSPS) is 10.0. The van der Waals surface area contributed by atoms with E-state index in [0.29, 0.717) is 24.6 Å². The Labute approximate surface area is 137 Å². The van der Waals surface area contributed by atoms with Crippen LogP contribution in [0.1, 0.15) is 26.2 Å². The Bertz CT molecular complexity index is 504. The average molecular weight is 323 g/mol. The highest BCUT2D eigenvalue weighted by molar-refractivity contribution is 5.78. The van der Waals surface area contributed by atoms with Gasteiger partial charge >= 0.3 is 5.97 Å². The molecule has 0 atom stereocenters. The van der Waals surface area contributed by atoms with Crippen molar-refractivity contribution in [2.24, 2.45) is 0 Å². The van der Waals surface area contributed by atoms with Gasteiger partial charge < -0.3 is 19.1 Å². The number of carbonyl (C=O) groups is 2. The molecule has 0 spiro atoms. The number of nitrogens with zero attached hydrogens (tertiary/aromatic N) is 1. The molecule has 0 aliphatic rings. The highest BCUT2D eigenvalue weighted by Gasteiger charge is 2.15. The zero-order chi connectivity index (χ0) is 17.1. The Morgan fingerprint density at radius 3 is 2.52 bits per heavy atom. The fourth-order valence-corrected chi connectivity index (χ4v) is 1.97. The zero-order valence-electron chi connectivity index (χ0n) is 14.0. The molecule has 0 unspecified atom stereocenters. The third-order valence-corrected chi connectivity index (χ3v) is 3.35. The second kappa shape index (κ2) is 10.5. The lowest BCUT2D eigenvalue weighted by Gasteiger charge is -2.22. The summed E-state index contributed by atoms with van der Waals surface area (Å²) in [5.74, 6) is 0.766. The Morgan fingerprint density at radius 1 is 1.13 bits per heavy atom. The van der Waals surface area contributed by atoms with Crippen LogP contribution >= 0.6 is 0 Å². The summed E-state index contributed by atoms with van der Waals surface area (Å²) in [4.78, 5) is 25.2.